The van der Waals surface area contributed by atoms with Crippen LogP contribution < -0.4 is 10.6 Å². The Morgan fingerprint density at radius 2 is 1.92 bits per heavy atom. The smallest absolute Gasteiger partial charge is 0.225 e. The third-order valence-electron chi connectivity index (χ3n) is 4.39. The van der Waals surface area contributed by atoms with Crippen LogP contribution in [0.3, 0.4) is 0 Å². The van der Waals surface area contributed by atoms with Crippen LogP contribution in [-0.4, -0.2) is 23.1 Å². The molecule has 136 valence electrons. The van der Waals surface area contributed by atoms with Gasteiger partial charge in [0.25, 0.3) is 0 Å². The fourth-order valence-electron chi connectivity index (χ4n) is 2.91. The predicted octanol–water partition coefficient (Wildman–Crippen LogP) is 3.72. The molecule has 0 saturated carbocycles. The maximum absolute atomic E-state index is 12.3. The van der Waals surface area contributed by atoms with Crippen molar-refractivity contribution in [2.45, 2.75) is 58.7 Å². The molecule has 2 rings (SSSR count). The van der Waals surface area contributed by atoms with Crippen LogP contribution in [0.2, 0.25) is 0 Å². The second-order valence-electron chi connectivity index (χ2n) is 6.74. The number of amides is 1. The first-order valence-corrected chi connectivity index (χ1v) is 8.70. The lowest BCUT2D eigenvalue weighted by atomic mass is 10.1. The van der Waals surface area contributed by atoms with Gasteiger partial charge >= 0.3 is 0 Å². The van der Waals surface area contributed by atoms with Gasteiger partial charge in [0, 0.05) is 24.2 Å². The van der Waals surface area contributed by atoms with Gasteiger partial charge in [0.15, 0.2) is 0 Å². The first-order chi connectivity index (χ1) is 11.9. The Morgan fingerprint density at radius 3 is 2.60 bits per heavy atom. The summed E-state index contributed by atoms with van der Waals surface area (Å²) in [5.41, 5.74) is 3.11. The molecule has 3 unspecified atom stereocenters. The monoisotopic (exact) mass is 344 g/mol. The zero-order chi connectivity index (χ0) is 18.4. The van der Waals surface area contributed by atoms with Crippen molar-refractivity contribution in [1.29, 1.82) is 0 Å². The molecule has 0 aliphatic rings. The van der Waals surface area contributed by atoms with Gasteiger partial charge in [-0.05, 0) is 63.4 Å². The Hall–Kier alpha value is -2.11. The maximum Gasteiger partial charge on any atom is 0.225 e. The summed E-state index contributed by atoms with van der Waals surface area (Å²) < 4.78 is 5.21. The molecule has 1 heterocycles. The molecule has 3 atom stereocenters. The number of aliphatic hydroxyl groups excluding tert-OH is 1. The van der Waals surface area contributed by atoms with E-state index in [1.165, 1.54) is 0 Å². The molecule has 0 aliphatic heterocycles. The Kier molecular flexibility index (Phi) is 6.79. The van der Waals surface area contributed by atoms with Gasteiger partial charge in [0.05, 0.1) is 6.26 Å². The van der Waals surface area contributed by atoms with Gasteiger partial charge in [0.1, 0.15) is 11.9 Å². The summed E-state index contributed by atoms with van der Waals surface area (Å²) in [7, 11) is 0. The second-order valence-corrected chi connectivity index (χ2v) is 6.74. The van der Waals surface area contributed by atoms with E-state index < -0.39 is 6.10 Å². The summed E-state index contributed by atoms with van der Waals surface area (Å²) >= 11 is 0. The van der Waals surface area contributed by atoms with Crippen molar-refractivity contribution in [3.05, 3.63) is 53.5 Å². The summed E-state index contributed by atoms with van der Waals surface area (Å²) in [6, 6.07) is 9.47. The van der Waals surface area contributed by atoms with Gasteiger partial charge in [0.2, 0.25) is 5.91 Å². The summed E-state index contributed by atoms with van der Waals surface area (Å²) in [4.78, 5) is 12.3. The van der Waals surface area contributed by atoms with Crippen LogP contribution in [0.5, 0.6) is 0 Å². The third-order valence-corrected chi connectivity index (χ3v) is 4.39. The zero-order valence-corrected chi connectivity index (χ0v) is 15.4. The molecule has 2 aromatic rings. The normalized spacial score (nSPS) is 14.8. The highest BCUT2D eigenvalue weighted by atomic mass is 16.4. The third kappa shape index (κ3) is 5.73. The number of benzene rings is 1. The maximum atomic E-state index is 12.3. The van der Waals surface area contributed by atoms with Crippen LogP contribution in [-0.2, 0) is 4.79 Å². The van der Waals surface area contributed by atoms with Crippen molar-refractivity contribution < 1.29 is 14.3 Å². The summed E-state index contributed by atoms with van der Waals surface area (Å²) in [6.07, 6.45) is 1.80. The van der Waals surface area contributed by atoms with E-state index in [9.17, 15) is 9.90 Å². The predicted molar refractivity (Wildman–Crippen MR) is 99.5 cm³/mol. The van der Waals surface area contributed by atoms with E-state index >= 15 is 0 Å². The average Bonchev–Trinajstić information content (AvgIpc) is 3.05. The van der Waals surface area contributed by atoms with E-state index in [-0.39, 0.29) is 18.0 Å². The number of hydrogen-bond donors (Lipinski definition) is 3. The molecule has 0 saturated heterocycles. The van der Waals surface area contributed by atoms with Gasteiger partial charge in [-0.3, -0.25) is 4.79 Å². The van der Waals surface area contributed by atoms with Crippen molar-refractivity contribution in [3.63, 3.8) is 0 Å². The van der Waals surface area contributed by atoms with Crippen molar-refractivity contribution >= 4 is 11.6 Å². The Balaban J connectivity index is 1.79. The molecular weight excluding hydrogens is 316 g/mol. The summed E-state index contributed by atoms with van der Waals surface area (Å²) in [5.74, 6) is 0.543. The molecule has 0 aliphatic carbocycles. The minimum atomic E-state index is -0.645. The quantitative estimate of drug-likeness (QED) is 0.682. The van der Waals surface area contributed by atoms with Crippen molar-refractivity contribution in [1.82, 2.24) is 5.32 Å². The summed E-state index contributed by atoms with van der Waals surface area (Å²) in [6.45, 7) is 8.00. The Bertz CT molecular complexity index is 682. The van der Waals surface area contributed by atoms with E-state index in [0.717, 1.165) is 16.8 Å². The average molecular weight is 344 g/mol. The standard InChI is InChI=1S/C20H28N2O3/c1-13-7-5-8-17(16(13)4)22-20(24)12-15(3)21-14(2)11-18(23)19-9-6-10-25-19/h5-10,14-15,18,21,23H,11-12H2,1-4H3,(H,22,24). The van der Waals surface area contributed by atoms with E-state index in [2.05, 4.69) is 10.6 Å². The fraction of sp³-hybridized carbons (Fsp3) is 0.450. The Morgan fingerprint density at radius 1 is 1.16 bits per heavy atom. The first kappa shape index (κ1) is 19.2. The van der Waals surface area contributed by atoms with Gasteiger partial charge in [-0.1, -0.05) is 12.1 Å². The fourth-order valence-corrected chi connectivity index (χ4v) is 2.91. The number of anilines is 1. The van der Waals surface area contributed by atoms with E-state index in [0.29, 0.717) is 18.6 Å². The number of nitrogens with one attached hydrogen (secondary N) is 2. The highest BCUT2D eigenvalue weighted by Gasteiger charge is 2.17. The number of furan rings is 1. The van der Waals surface area contributed by atoms with E-state index in [1.807, 2.05) is 45.9 Å². The number of aliphatic hydroxyl groups is 1. The molecule has 0 fully saturated rings. The molecule has 5 nitrogen and oxygen atoms in total. The Labute approximate surface area is 149 Å². The number of rotatable bonds is 8. The van der Waals surface area contributed by atoms with Crippen molar-refractivity contribution in [2.75, 3.05) is 5.32 Å². The molecule has 0 radical (unpaired) electrons. The van der Waals surface area contributed by atoms with Crippen LogP contribution in [0.4, 0.5) is 5.69 Å². The highest BCUT2D eigenvalue weighted by Crippen LogP contribution is 2.20. The summed E-state index contributed by atoms with van der Waals surface area (Å²) in [5, 5.41) is 16.4. The topological polar surface area (TPSA) is 74.5 Å². The zero-order valence-electron chi connectivity index (χ0n) is 15.4. The first-order valence-electron chi connectivity index (χ1n) is 8.70. The molecule has 1 amide bonds. The number of hydrogen-bond acceptors (Lipinski definition) is 4. The van der Waals surface area contributed by atoms with Gasteiger partial charge in [-0.2, -0.15) is 0 Å². The molecule has 5 heteroatoms. The lowest BCUT2D eigenvalue weighted by Crippen LogP contribution is -2.37. The molecule has 0 spiro atoms. The molecule has 1 aromatic heterocycles. The molecule has 0 bridgehead atoms. The van der Waals surface area contributed by atoms with Crippen LogP contribution in [0.1, 0.15) is 49.7 Å². The highest BCUT2D eigenvalue weighted by molar-refractivity contribution is 5.92. The van der Waals surface area contributed by atoms with Crippen LogP contribution in [0.15, 0.2) is 41.0 Å². The van der Waals surface area contributed by atoms with E-state index in [4.69, 9.17) is 4.42 Å². The molecule has 3 N–H and O–H groups in total. The van der Waals surface area contributed by atoms with Crippen LogP contribution in [0, 0.1) is 13.8 Å². The number of aryl methyl sites for hydroxylation is 1. The lowest BCUT2D eigenvalue weighted by molar-refractivity contribution is -0.116. The van der Waals surface area contributed by atoms with Crippen molar-refractivity contribution in [2.24, 2.45) is 0 Å². The SMILES string of the molecule is Cc1cccc(NC(=O)CC(C)NC(C)CC(O)c2ccco2)c1C. The van der Waals surface area contributed by atoms with E-state index in [1.54, 1.807) is 18.4 Å². The minimum Gasteiger partial charge on any atom is -0.467 e. The molecule has 1 aromatic carbocycles. The van der Waals surface area contributed by atoms with Crippen LogP contribution in [0.25, 0.3) is 0 Å². The second kappa shape index (κ2) is 8.83. The van der Waals surface area contributed by atoms with Crippen molar-refractivity contribution in [3.8, 4) is 0 Å². The van der Waals surface area contributed by atoms with Gasteiger partial charge in [-0.15, -0.1) is 0 Å². The lowest BCUT2D eigenvalue weighted by Gasteiger charge is -2.21. The van der Waals surface area contributed by atoms with Crippen LogP contribution >= 0.6 is 0 Å². The minimum absolute atomic E-state index is 0.00363. The van der Waals surface area contributed by atoms with Gasteiger partial charge in [-0.25, -0.2) is 0 Å². The molecular formula is C20H28N2O3. The largest absolute Gasteiger partial charge is 0.467 e. The number of carbonyl (C=O) groups is 1. The number of carbonyl (C=O) groups excluding carboxylic acids is 1. The van der Waals surface area contributed by atoms with Gasteiger partial charge < -0.3 is 20.2 Å². The molecule has 25 heavy (non-hydrogen) atoms.